The van der Waals surface area contributed by atoms with Crippen molar-refractivity contribution in [2.75, 3.05) is 33.5 Å². The number of methoxy groups -OCH3 is 1. The standard InChI is InChI=1S/C17H25NO4S/c1-21-10-13-8-15(23-11-13)16(20)18-12-17(3-2-14(18)9-19)4-6-22-7-5-17/h8,11,14,19H,2-7,9-10,12H2,1H3. The maximum absolute atomic E-state index is 13.0. The third kappa shape index (κ3) is 3.60. The van der Waals surface area contributed by atoms with Gasteiger partial charge in [-0.25, -0.2) is 0 Å². The van der Waals surface area contributed by atoms with Gasteiger partial charge in [0.25, 0.3) is 5.91 Å². The minimum atomic E-state index is -0.0658. The number of likely N-dealkylation sites (tertiary alicyclic amines) is 1. The van der Waals surface area contributed by atoms with Gasteiger partial charge in [-0.15, -0.1) is 11.3 Å². The normalized spacial score (nSPS) is 24.1. The van der Waals surface area contributed by atoms with E-state index >= 15 is 0 Å². The quantitative estimate of drug-likeness (QED) is 0.914. The minimum Gasteiger partial charge on any atom is -0.394 e. The van der Waals surface area contributed by atoms with Gasteiger partial charge in [0, 0.05) is 26.9 Å². The fraction of sp³-hybridized carbons (Fsp3) is 0.706. The summed E-state index contributed by atoms with van der Waals surface area (Å²) in [7, 11) is 1.65. The second kappa shape index (κ2) is 7.30. The highest BCUT2D eigenvalue weighted by atomic mass is 32.1. The van der Waals surface area contributed by atoms with Gasteiger partial charge in [-0.2, -0.15) is 0 Å². The van der Waals surface area contributed by atoms with E-state index in [9.17, 15) is 9.90 Å². The van der Waals surface area contributed by atoms with Crippen LogP contribution in [0.3, 0.4) is 0 Å². The van der Waals surface area contributed by atoms with Crippen LogP contribution in [0, 0.1) is 5.41 Å². The summed E-state index contributed by atoms with van der Waals surface area (Å²) in [4.78, 5) is 15.6. The van der Waals surface area contributed by atoms with Crippen LogP contribution in [0.4, 0.5) is 0 Å². The Balaban J connectivity index is 1.77. The molecule has 1 unspecified atom stereocenters. The van der Waals surface area contributed by atoms with Crippen LogP contribution in [0.1, 0.15) is 40.9 Å². The molecular weight excluding hydrogens is 314 g/mol. The predicted molar refractivity (Wildman–Crippen MR) is 88.7 cm³/mol. The molecule has 1 aromatic heterocycles. The lowest BCUT2D eigenvalue weighted by atomic mass is 9.72. The van der Waals surface area contributed by atoms with E-state index in [0.29, 0.717) is 6.61 Å². The fourth-order valence-corrected chi connectivity index (χ4v) is 4.56. The molecule has 6 heteroatoms. The van der Waals surface area contributed by atoms with Crippen molar-refractivity contribution in [3.05, 3.63) is 21.9 Å². The van der Waals surface area contributed by atoms with E-state index in [1.165, 1.54) is 11.3 Å². The van der Waals surface area contributed by atoms with E-state index < -0.39 is 0 Å². The molecule has 3 rings (SSSR count). The number of rotatable bonds is 4. The maximum Gasteiger partial charge on any atom is 0.264 e. The van der Waals surface area contributed by atoms with Crippen molar-refractivity contribution in [3.63, 3.8) is 0 Å². The van der Waals surface area contributed by atoms with Crippen molar-refractivity contribution < 1.29 is 19.4 Å². The second-order valence-corrected chi connectivity index (χ2v) is 7.58. The monoisotopic (exact) mass is 339 g/mol. The number of thiophene rings is 1. The van der Waals surface area contributed by atoms with Crippen molar-refractivity contribution in [2.24, 2.45) is 5.41 Å². The molecule has 0 radical (unpaired) electrons. The number of hydrogen-bond donors (Lipinski definition) is 1. The zero-order valence-electron chi connectivity index (χ0n) is 13.6. The lowest BCUT2D eigenvalue weighted by molar-refractivity contribution is -0.0434. The lowest BCUT2D eigenvalue weighted by Gasteiger charge is -2.48. The summed E-state index contributed by atoms with van der Waals surface area (Å²) in [6.45, 7) is 2.85. The van der Waals surface area contributed by atoms with Crippen molar-refractivity contribution in [1.82, 2.24) is 4.90 Å². The number of ether oxygens (including phenoxy) is 2. The third-order valence-corrected chi connectivity index (χ3v) is 6.12. The van der Waals surface area contributed by atoms with Crippen LogP contribution >= 0.6 is 11.3 Å². The number of aliphatic hydroxyl groups excluding tert-OH is 1. The van der Waals surface area contributed by atoms with E-state index in [4.69, 9.17) is 9.47 Å². The zero-order chi connectivity index (χ0) is 16.3. The maximum atomic E-state index is 13.0. The molecule has 0 aromatic carbocycles. The van der Waals surface area contributed by atoms with Crippen LogP contribution in [0.5, 0.6) is 0 Å². The molecule has 2 saturated heterocycles. The van der Waals surface area contributed by atoms with E-state index in [-0.39, 0.29) is 24.0 Å². The first-order valence-electron chi connectivity index (χ1n) is 8.23. The van der Waals surface area contributed by atoms with Crippen LogP contribution in [0.25, 0.3) is 0 Å². The highest BCUT2D eigenvalue weighted by molar-refractivity contribution is 7.12. The lowest BCUT2D eigenvalue weighted by Crippen LogP contribution is -2.54. The largest absolute Gasteiger partial charge is 0.394 e. The first-order chi connectivity index (χ1) is 11.2. The molecule has 1 amide bonds. The molecule has 128 valence electrons. The van der Waals surface area contributed by atoms with E-state index in [1.54, 1.807) is 7.11 Å². The fourth-order valence-electron chi connectivity index (χ4n) is 3.71. The Morgan fingerprint density at radius 2 is 2.26 bits per heavy atom. The molecule has 5 nitrogen and oxygen atoms in total. The molecule has 1 N–H and O–H groups in total. The minimum absolute atomic E-state index is 0.0363. The highest BCUT2D eigenvalue weighted by Crippen LogP contribution is 2.41. The second-order valence-electron chi connectivity index (χ2n) is 6.67. The molecule has 2 aliphatic rings. The topological polar surface area (TPSA) is 59.0 Å². The Morgan fingerprint density at radius 1 is 1.48 bits per heavy atom. The molecule has 1 spiro atoms. The number of amides is 1. The van der Waals surface area contributed by atoms with E-state index in [2.05, 4.69) is 0 Å². The predicted octanol–water partition coefficient (Wildman–Crippen LogP) is 2.29. The molecule has 2 fully saturated rings. The Kier molecular flexibility index (Phi) is 5.36. The summed E-state index contributed by atoms with van der Waals surface area (Å²) < 4.78 is 10.6. The van der Waals surface area contributed by atoms with Gasteiger partial charge in [-0.05, 0) is 48.1 Å². The average molecular weight is 339 g/mol. The molecule has 3 heterocycles. The Morgan fingerprint density at radius 3 is 2.96 bits per heavy atom. The van der Waals surface area contributed by atoms with Gasteiger partial charge in [0.05, 0.1) is 24.1 Å². The zero-order valence-corrected chi connectivity index (χ0v) is 14.4. The smallest absolute Gasteiger partial charge is 0.264 e. The van der Waals surface area contributed by atoms with Crippen LogP contribution < -0.4 is 0 Å². The van der Waals surface area contributed by atoms with Gasteiger partial charge in [-0.1, -0.05) is 0 Å². The van der Waals surface area contributed by atoms with Crippen molar-refractivity contribution >= 4 is 17.2 Å². The Bertz CT molecular complexity index is 538. The first-order valence-corrected chi connectivity index (χ1v) is 9.11. The van der Waals surface area contributed by atoms with Crippen LogP contribution in [-0.4, -0.2) is 55.4 Å². The van der Waals surface area contributed by atoms with Gasteiger partial charge in [0.2, 0.25) is 0 Å². The number of hydrogen-bond acceptors (Lipinski definition) is 5. The van der Waals surface area contributed by atoms with E-state index in [0.717, 1.165) is 55.9 Å². The molecule has 2 aliphatic heterocycles. The number of carbonyl (C=O) groups is 1. The van der Waals surface area contributed by atoms with Gasteiger partial charge in [0.15, 0.2) is 0 Å². The SMILES string of the molecule is COCc1csc(C(=O)N2CC3(CCOCC3)CCC2CO)c1. The molecule has 0 aliphatic carbocycles. The molecule has 1 atom stereocenters. The van der Waals surface area contributed by atoms with E-state index in [1.807, 2.05) is 16.3 Å². The van der Waals surface area contributed by atoms with Gasteiger partial charge in [-0.3, -0.25) is 4.79 Å². The van der Waals surface area contributed by atoms with Gasteiger partial charge >= 0.3 is 0 Å². The number of nitrogens with zero attached hydrogens (tertiary/aromatic N) is 1. The Labute approximate surface area is 141 Å². The van der Waals surface area contributed by atoms with Crippen LogP contribution in [-0.2, 0) is 16.1 Å². The summed E-state index contributed by atoms with van der Waals surface area (Å²) >= 11 is 1.46. The van der Waals surface area contributed by atoms with Gasteiger partial charge < -0.3 is 19.5 Å². The summed E-state index contributed by atoms with van der Waals surface area (Å²) in [6, 6.07) is 1.85. The van der Waals surface area contributed by atoms with Crippen LogP contribution in [0.2, 0.25) is 0 Å². The number of carbonyl (C=O) groups excluding carboxylic acids is 1. The average Bonchev–Trinajstić information content (AvgIpc) is 3.04. The third-order valence-electron chi connectivity index (χ3n) is 5.16. The highest BCUT2D eigenvalue weighted by Gasteiger charge is 2.42. The Hall–Kier alpha value is -0.950. The van der Waals surface area contributed by atoms with Gasteiger partial charge in [0.1, 0.15) is 0 Å². The number of aliphatic hydroxyl groups is 1. The number of piperidine rings is 1. The molecule has 23 heavy (non-hydrogen) atoms. The molecule has 0 bridgehead atoms. The van der Waals surface area contributed by atoms with Crippen molar-refractivity contribution in [1.29, 1.82) is 0 Å². The van der Waals surface area contributed by atoms with Crippen molar-refractivity contribution in [2.45, 2.75) is 38.3 Å². The summed E-state index contributed by atoms with van der Waals surface area (Å²) in [5.41, 5.74) is 1.20. The summed E-state index contributed by atoms with van der Waals surface area (Å²) in [5, 5.41) is 11.7. The molecular formula is C17H25NO4S. The molecule has 0 saturated carbocycles. The van der Waals surface area contributed by atoms with Crippen molar-refractivity contribution in [3.8, 4) is 0 Å². The van der Waals surface area contributed by atoms with Crippen LogP contribution in [0.15, 0.2) is 11.4 Å². The summed E-state index contributed by atoms with van der Waals surface area (Å²) in [6.07, 6.45) is 3.96. The first kappa shape index (κ1) is 16.9. The summed E-state index contributed by atoms with van der Waals surface area (Å²) in [5.74, 6) is 0.0435. The molecule has 1 aromatic rings.